The first-order valence-electron chi connectivity index (χ1n) is 10.3. The molecule has 1 heterocycles. The number of carbonyl (C=O) groups is 1. The number of carbonyl (C=O) groups excluding carboxylic acids is 1. The predicted molar refractivity (Wildman–Crippen MR) is 100.0 cm³/mol. The number of nitrogens with one attached hydrogen (secondary N) is 1. The molecule has 1 N–H and O–H groups in total. The number of amides is 1. The summed E-state index contributed by atoms with van der Waals surface area (Å²) < 4.78 is 15.8. The van der Waals surface area contributed by atoms with E-state index >= 15 is 4.39 Å². The summed E-state index contributed by atoms with van der Waals surface area (Å²) >= 11 is 0. The molecule has 1 aromatic rings. The van der Waals surface area contributed by atoms with Crippen molar-refractivity contribution in [1.82, 2.24) is 10.2 Å². The van der Waals surface area contributed by atoms with Crippen molar-refractivity contribution in [3.63, 3.8) is 0 Å². The van der Waals surface area contributed by atoms with Gasteiger partial charge in [-0.25, -0.2) is 4.39 Å². The second kappa shape index (κ2) is 5.79. The molecule has 2 saturated carbocycles. The molecule has 6 rings (SSSR count). The van der Waals surface area contributed by atoms with Crippen molar-refractivity contribution in [2.45, 2.75) is 81.0 Å². The van der Waals surface area contributed by atoms with Crippen molar-refractivity contribution in [3.8, 4) is 0 Å². The Hall–Kier alpha value is -1.42. The first-order chi connectivity index (χ1) is 12.5. The van der Waals surface area contributed by atoms with Gasteiger partial charge in [0.25, 0.3) is 0 Å². The van der Waals surface area contributed by atoms with Crippen LogP contribution in [0, 0.1) is 0 Å². The highest BCUT2D eigenvalue weighted by molar-refractivity contribution is 5.83. The van der Waals surface area contributed by atoms with Crippen LogP contribution in [0.25, 0.3) is 0 Å². The van der Waals surface area contributed by atoms with Gasteiger partial charge in [0.2, 0.25) is 5.91 Å². The smallest absolute Gasteiger partial charge is 0.237 e. The quantitative estimate of drug-likeness (QED) is 0.891. The largest absolute Gasteiger partial charge is 0.349 e. The highest BCUT2D eigenvalue weighted by atomic mass is 19.1. The van der Waals surface area contributed by atoms with Crippen LogP contribution in [0.2, 0.25) is 0 Å². The Bertz CT molecular complexity index is 698. The van der Waals surface area contributed by atoms with Gasteiger partial charge in [-0.15, -0.1) is 0 Å². The van der Waals surface area contributed by atoms with E-state index in [0.29, 0.717) is 19.3 Å². The second-order valence-electron chi connectivity index (χ2n) is 9.22. The highest BCUT2D eigenvalue weighted by Gasteiger charge is 2.58. The molecular weight excluding hydrogens is 327 g/mol. The van der Waals surface area contributed by atoms with Gasteiger partial charge in [0.15, 0.2) is 0 Å². The highest BCUT2D eigenvalue weighted by Crippen LogP contribution is 2.60. The van der Waals surface area contributed by atoms with Crippen molar-refractivity contribution < 1.29 is 9.18 Å². The molecule has 1 aliphatic heterocycles. The molecular formula is C22H29FN2O. The maximum absolute atomic E-state index is 15.8. The van der Waals surface area contributed by atoms with Gasteiger partial charge >= 0.3 is 0 Å². The van der Waals surface area contributed by atoms with Crippen molar-refractivity contribution >= 4 is 5.91 Å². The van der Waals surface area contributed by atoms with Gasteiger partial charge in [-0.3, -0.25) is 9.69 Å². The fraction of sp³-hybridized carbons (Fsp3) is 0.682. The van der Waals surface area contributed by atoms with Crippen LogP contribution in [0.4, 0.5) is 4.39 Å². The molecule has 3 nitrogen and oxygen atoms in total. The van der Waals surface area contributed by atoms with Crippen LogP contribution in [0.1, 0.15) is 74.8 Å². The number of halogens is 1. The zero-order valence-electron chi connectivity index (χ0n) is 15.6. The van der Waals surface area contributed by atoms with Crippen LogP contribution in [0.15, 0.2) is 24.3 Å². The van der Waals surface area contributed by atoms with Crippen molar-refractivity contribution in [2.75, 3.05) is 13.1 Å². The number of benzene rings is 1. The van der Waals surface area contributed by atoms with Crippen LogP contribution in [-0.4, -0.2) is 41.1 Å². The Morgan fingerprint density at radius 2 is 1.85 bits per heavy atom. The third kappa shape index (κ3) is 2.52. The summed E-state index contributed by atoms with van der Waals surface area (Å²) in [6.07, 6.45) is 5.58. The molecule has 5 aliphatic rings. The lowest BCUT2D eigenvalue weighted by atomic mass is 9.60. The van der Waals surface area contributed by atoms with Gasteiger partial charge < -0.3 is 5.32 Å². The van der Waals surface area contributed by atoms with Crippen LogP contribution < -0.4 is 5.32 Å². The van der Waals surface area contributed by atoms with Crippen LogP contribution in [-0.2, 0) is 4.79 Å². The van der Waals surface area contributed by atoms with Crippen LogP contribution >= 0.6 is 0 Å². The van der Waals surface area contributed by atoms with Crippen molar-refractivity contribution in [3.05, 3.63) is 35.4 Å². The Balaban J connectivity index is 1.46. The lowest BCUT2D eigenvalue weighted by Gasteiger charge is -2.52. The first-order valence-corrected chi connectivity index (χ1v) is 10.3. The average Bonchev–Trinajstić information content (AvgIpc) is 3.03. The monoisotopic (exact) mass is 356 g/mol. The lowest BCUT2D eigenvalue weighted by molar-refractivity contribution is -0.130. The number of likely N-dealkylation sites (N-methyl/N-ethyl adjacent to an activating group) is 1. The molecule has 26 heavy (non-hydrogen) atoms. The Labute approximate surface area is 155 Å². The lowest BCUT2D eigenvalue weighted by Crippen LogP contribution is -2.61. The molecule has 0 aromatic heterocycles. The minimum Gasteiger partial charge on any atom is -0.349 e. The normalized spacial score (nSPS) is 41.1. The van der Waals surface area contributed by atoms with Crippen LogP contribution in [0.3, 0.4) is 0 Å². The first kappa shape index (κ1) is 16.7. The fourth-order valence-electron chi connectivity index (χ4n) is 6.72. The molecule has 2 unspecified atom stereocenters. The number of hydrogen-bond donors (Lipinski definition) is 1. The Morgan fingerprint density at radius 3 is 2.46 bits per heavy atom. The van der Waals surface area contributed by atoms with E-state index in [0.717, 1.165) is 38.8 Å². The molecule has 1 aromatic carbocycles. The molecule has 1 saturated heterocycles. The van der Waals surface area contributed by atoms with Crippen LogP contribution in [0.5, 0.6) is 0 Å². The van der Waals surface area contributed by atoms with E-state index < -0.39 is 5.67 Å². The van der Waals surface area contributed by atoms with Crippen molar-refractivity contribution in [1.29, 1.82) is 0 Å². The average molecular weight is 356 g/mol. The zero-order chi connectivity index (χ0) is 17.9. The summed E-state index contributed by atoms with van der Waals surface area (Å²) in [7, 11) is 0. The SMILES string of the molecule is CCN1CCC[C@@H]1C(=O)NC12CC3CC(F)(CC(C1)c1ccccc13)C2. The second-order valence-corrected chi connectivity index (χ2v) is 9.22. The molecule has 1 amide bonds. The zero-order valence-corrected chi connectivity index (χ0v) is 15.6. The number of alkyl halides is 1. The molecule has 3 atom stereocenters. The minimum absolute atomic E-state index is 0.0210. The summed E-state index contributed by atoms with van der Waals surface area (Å²) in [5.41, 5.74) is 1.18. The van der Waals surface area contributed by atoms with Gasteiger partial charge in [-0.1, -0.05) is 31.2 Å². The van der Waals surface area contributed by atoms with E-state index in [4.69, 9.17) is 0 Å². The molecule has 0 spiro atoms. The van der Waals surface area contributed by atoms with Gasteiger partial charge in [0.1, 0.15) is 5.67 Å². The summed E-state index contributed by atoms with van der Waals surface area (Å²) in [5, 5.41) is 3.41. The summed E-state index contributed by atoms with van der Waals surface area (Å²) in [4.78, 5) is 15.4. The summed E-state index contributed by atoms with van der Waals surface area (Å²) in [5.74, 6) is 0.617. The van der Waals surface area contributed by atoms with Gasteiger partial charge in [-0.2, -0.15) is 0 Å². The van der Waals surface area contributed by atoms with E-state index in [1.807, 2.05) is 0 Å². The topological polar surface area (TPSA) is 32.3 Å². The Kier molecular flexibility index (Phi) is 3.72. The van der Waals surface area contributed by atoms with E-state index in [9.17, 15) is 4.79 Å². The summed E-state index contributed by atoms with van der Waals surface area (Å²) in [6, 6.07) is 8.53. The molecule has 140 valence electrons. The van der Waals surface area contributed by atoms with E-state index in [2.05, 4.69) is 41.4 Å². The molecule has 3 fully saturated rings. The Morgan fingerprint density at radius 1 is 1.19 bits per heavy atom. The number of nitrogens with zero attached hydrogens (tertiary/aromatic N) is 1. The standard InChI is InChI=1S/C22H29FN2O/c1-2-25-9-5-8-19(25)20(26)24-22-12-15-10-21(23,14-22)11-16(13-22)18-7-4-3-6-17(15)18/h3-4,6-7,15-16,19H,2,5,8-14H2,1H3,(H,24,26)/t15?,16?,19-,21?,22?/m1/s1. The van der Waals surface area contributed by atoms with Crippen molar-refractivity contribution in [2.24, 2.45) is 0 Å². The molecule has 4 heteroatoms. The minimum atomic E-state index is -1.13. The summed E-state index contributed by atoms with van der Waals surface area (Å²) in [6.45, 7) is 4.04. The van der Waals surface area contributed by atoms with Gasteiger partial charge in [-0.05, 0) is 74.6 Å². The number of hydrogen-bond acceptors (Lipinski definition) is 2. The molecule has 0 radical (unpaired) electrons. The number of rotatable bonds is 3. The third-order valence-electron chi connectivity index (χ3n) is 7.49. The maximum atomic E-state index is 15.8. The number of likely N-dealkylation sites (tertiary alicyclic amines) is 1. The predicted octanol–water partition coefficient (Wildman–Crippen LogP) is 3.89. The molecule has 4 bridgehead atoms. The van der Waals surface area contributed by atoms with Gasteiger partial charge in [0.05, 0.1) is 6.04 Å². The van der Waals surface area contributed by atoms with E-state index in [1.165, 1.54) is 11.1 Å². The van der Waals surface area contributed by atoms with E-state index in [1.54, 1.807) is 0 Å². The van der Waals surface area contributed by atoms with E-state index in [-0.39, 0.29) is 29.3 Å². The molecule has 4 aliphatic carbocycles. The maximum Gasteiger partial charge on any atom is 0.237 e. The third-order valence-corrected chi connectivity index (χ3v) is 7.49. The fourth-order valence-corrected chi connectivity index (χ4v) is 6.72. The van der Waals surface area contributed by atoms with Gasteiger partial charge in [0, 0.05) is 12.0 Å².